The van der Waals surface area contributed by atoms with E-state index < -0.39 is 9.84 Å². The Morgan fingerprint density at radius 2 is 1.87 bits per heavy atom. The van der Waals surface area contributed by atoms with Crippen LogP contribution in [0.25, 0.3) is 16.9 Å². The van der Waals surface area contributed by atoms with Gasteiger partial charge in [-0.3, -0.25) is 4.79 Å². The van der Waals surface area contributed by atoms with Crippen LogP contribution in [0, 0.1) is 0 Å². The van der Waals surface area contributed by atoms with E-state index in [1.54, 1.807) is 17.2 Å². The molecule has 0 saturated heterocycles. The van der Waals surface area contributed by atoms with Crippen LogP contribution in [0.5, 0.6) is 0 Å². The predicted octanol–water partition coefficient (Wildman–Crippen LogP) is 3.58. The van der Waals surface area contributed by atoms with Gasteiger partial charge in [0, 0.05) is 29.5 Å². The van der Waals surface area contributed by atoms with Gasteiger partial charge in [0.1, 0.15) is 9.84 Å². The van der Waals surface area contributed by atoms with Crippen molar-refractivity contribution in [3.05, 3.63) is 72.4 Å². The zero-order valence-corrected chi connectivity index (χ0v) is 17.9. The molecule has 1 amide bonds. The molecule has 1 aliphatic carbocycles. The highest BCUT2D eigenvalue weighted by Crippen LogP contribution is 2.31. The zero-order valence-electron chi connectivity index (χ0n) is 17.1. The fraction of sp³-hybridized carbons (Fsp3) is 0.304. The molecule has 1 aliphatic rings. The summed E-state index contributed by atoms with van der Waals surface area (Å²) in [5.74, 6) is -0.171. The smallest absolute Gasteiger partial charge is 0.254 e. The van der Waals surface area contributed by atoms with Gasteiger partial charge in [-0.1, -0.05) is 36.4 Å². The maximum absolute atomic E-state index is 13.3. The molecule has 1 aromatic heterocycles. The largest absolute Gasteiger partial charge is 0.332 e. The SMILES string of the molecule is CC(CS(C)(=O)=O)N(C(=O)c1cccc(-n2nccc2-c2ccccc2)c1)C1CC1. The van der Waals surface area contributed by atoms with Gasteiger partial charge >= 0.3 is 0 Å². The fourth-order valence-electron chi connectivity index (χ4n) is 3.85. The van der Waals surface area contributed by atoms with E-state index in [-0.39, 0.29) is 23.7 Å². The van der Waals surface area contributed by atoms with E-state index in [0.717, 1.165) is 29.8 Å². The summed E-state index contributed by atoms with van der Waals surface area (Å²) in [6.45, 7) is 1.81. The van der Waals surface area contributed by atoms with Gasteiger partial charge in [0.05, 0.1) is 23.3 Å². The number of benzene rings is 2. The summed E-state index contributed by atoms with van der Waals surface area (Å²) in [4.78, 5) is 15.1. The fourth-order valence-corrected chi connectivity index (χ4v) is 4.89. The van der Waals surface area contributed by atoms with E-state index in [9.17, 15) is 13.2 Å². The lowest BCUT2D eigenvalue weighted by atomic mass is 10.1. The lowest BCUT2D eigenvalue weighted by Crippen LogP contribution is -2.43. The molecule has 156 valence electrons. The number of sulfone groups is 1. The van der Waals surface area contributed by atoms with Crippen molar-refractivity contribution in [1.29, 1.82) is 0 Å². The van der Waals surface area contributed by atoms with Gasteiger partial charge in [0.15, 0.2) is 0 Å². The molecule has 2 aromatic carbocycles. The maximum Gasteiger partial charge on any atom is 0.254 e. The highest BCUT2D eigenvalue weighted by Gasteiger charge is 2.37. The van der Waals surface area contributed by atoms with Gasteiger partial charge in [-0.2, -0.15) is 5.10 Å². The van der Waals surface area contributed by atoms with E-state index in [1.165, 1.54) is 6.26 Å². The highest BCUT2D eigenvalue weighted by atomic mass is 32.2. The Labute approximate surface area is 177 Å². The minimum absolute atomic E-state index is 0.0355. The predicted molar refractivity (Wildman–Crippen MR) is 117 cm³/mol. The summed E-state index contributed by atoms with van der Waals surface area (Å²) in [5.41, 5.74) is 3.29. The van der Waals surface area contributed by atoms with Crippen LogP contribution in [0.3, 0.4) is 0 Å². The van der Waals surface area contributed by atoms with Crippen molar-refractivity contribution < 1.29 is 13.2 Å². The summed E-state index contributed by atoms with van der Waals surface area (Å²) in [6.07, 6.45) is 4.78. The van der Waals surface area contributed by atoms with Crippen molar-refractivity contribution >= 4 is 15.7 Å². The summed E-state index contributed by atoms with van der Waals surface area (Å²) >= 11 is 0. The second kappa shape index (κ2) is 8.07. The number of amides is 1. The first kappa shape index (κ1) is 20.3. The minimum atomic E-state index is -3.18. The third-order valence-corrected chi connectivity index (χ3v) is 6.33. The number of rotatable bonds is 7. The Balaban J connectivity index is 1.65. The van der Waals surface area contributed by atoms with E-state index in [4.69, 9.17) is 0 Å². The summed E-state index contributed by atoms with van der Waals surface area (Å²) < 4.78 is 25.4. The molecule has 0 spiro atoms. The molecule has 3 aromatic rings. The van der Waals surface area contributed by atoms with Gasteiger partial charge in [-0.15, -0.1) is 0 Å². The summed E-state index contributed by atoms with van der Waals surface area (Å²) in [5, 5.41) is 4.45. The van der Waals surface area contributed by atoms with Gasteiger partial charge in [-0.05, 0) is 44.0 Å². The molecule has 1 atom stereocenters. The molecule has 1 saturated carbocycles. The molecule has 1 fully saturated rings. The van der Waals surface area contributed by atoms with Gasteiger partial charge in [0.25, 0.3) is 5.91 Å². The lowest BCUT2D eigenvalue weighted by molar-refractivity contribution is 0.0692. The Bertz CT molecular complexity index is 1150. The van der Waals surface area contributed by atoms with Gasteiger partial charge in [-0.25, -0.2) is 13.1 Å². The van der Waals surface area contributed by atoms with Gasteiger partial charge in [0.2, 0.25) is 0 Å². The molecule has 30 heavy (non-hydrogen) atoms. The van der Waals surface area contributed by atoms with Crippen molar-refractivity contribution in [2.45, 2.75) is 31.8 Å². The lowest BCUT2D eigenvalue weighted by Gasteiger charge is -2.29. The van der Waals surface area contributed by atoms with Crippen LogP contribution in [0.4, 0.5) is 0 Å². The van der Waals surface area contributed by atoms with Gasteiger partial charge < -0.3 is 4.90 Å². The van der Waals surface area contributed by atoms with Crippen LogP contribution in [0.1, 0.15) is 30.1 Å². The molecule has 4 rings (SSSR count). The monoisotopic (exact) mass is 423 g/mol. The number of carbonyl (C=O) groups is 1. The van der Waals surface area contributed by atoms with Crippen LogP contribution in [-0.4, -0.2) is 53.1 Å². The Kier molecular flexibility index (Phi) is 5.47. The molecule has 0 bridgehead atoms. The van der Waals surface area contributed by atoms with Crippen LogP contribution < -0.4 is 0 Å². The number of carbonyl (C=O) groups excluding carboxylic acids is 1. The number of hydrogen-bond acceptors (Lipinski definition) is 4. The Morgan fingerprint density at radius 3 is 2.53 bits per heavy atom. The molecule has 7 heteroatoms. The molecule has 1 unspecified atom stereocenters. The van der Waals surface area contributed by atoms with Crippen molar-refractivity contribution in [2.75, 3.05) is 12.0 Å². The van der Waals surface area contributed by atoms with Crippen molar-refractivity contribution in [3.63, 3.8) is 0 Å². The molecule has 0 N–H and O–H groups in total. The molecular formula is C23H25N3O3S. The van der Waals surface area contributed by atoms with Crippen LogP contribution in [0.15, 0.2) is 66.9 Å². The number of nitrogens with zero attached hydrogens (tertiary/aromatic N) is 3. The molecule has 1 heterocycles. The second-order valence-electron chi connectivity index (χ2n) is 7.93. The summed E-state index contributed by atoms with van der Waals surface area (Å²) in [6, 6.07) is 19.0. The normalized spacial score (nSPS) is 15.0. The second-order valence-corrected chi connectivity index (χ2v) is 10.1. The van der Waals surface area contributed by atoms with Crippen molar-refractivity contribution in [1.82, 2.24) is 14.7 Å². The van der Waals surface area contributed by atoms with E-state index in [1.807, 2.05) is 66.2 Å². The van der Waals surface area contributed by atoms with Crippen molar-refractivity contribution in [2.24, 2.45) is 0 Å². The highest BCUT2D eigenvalue weighted by molar-refractivity contribution is 7.90. The average Bonchev–Trinajstić information content (AvgIpc) is 3.41. The van der Waals surface area contributed by atoms with Crippen LogP contribution >= 0.6 is 0 Å². The number of aromatic nitrogens is 2. The topological polar surface area (TPSA) is 72.3 Å². The first-order chi connectivity index (χ1) is 14.3. The van der Waals surface area contributed by atoms with E-state index in [0.29, 0.717) is 5.56 Å². The molecular weight excluding hydrogens is 398 g/mol. The third kappa shape index (κ3) is 4.46. The summed E-state index contributed by atoms with van der Waals surface area (Å²) in [7, 11) is -3.18. The Hall–Kier alpha value is -2.93. The molecule has 0 aliphatic heterocycles. The molecule has 6 nitrogen and oxygen atoms in total. The minimum Gasteiger partial charge on any atom is -0.332 e. The molecule has 0 radical (unpaired) electrons. The first-order valence-electron chi connectivity index (χ1n) is 10.0. The van der Waals surface area contributed by atoms with Crippen molar-refractivity contribution in [3.8, 4) is 16.9 Å². The standard InChI is InChI=1S/C23H25N3O3S/c1-17(16-30(2,28)29)25(20-11-12-20)23(27)19-9-6-10-21(15-19)26-22(13-14-24-26)18-7-4-3-5-8-18/h3-10,13-15,17,20H,11-12,16H2,1-2H3. The van der Waals surface area contributed by atoms with E-state index in [2.05, 4.69) is 5.10 Å². The van der Waals surface area contributed by atoms with E-state index >= 15 is 0 Å². The Morgan fingerprint density at radius 1 is 1.13 bits per heavy atom. The quantitative estimate of drug-likeness (QED) is 0.582. The third-order valence-electron chi connectivity index (χ3n) is 5.24. The average molecular weight is 424 g/mol. The maximum atomic E-state index is 13.3. The number of hydrogen-bond donors (Lipinski definition) is 0. The zero-order chi connectivity index (χ0) is 21.3. The van der Waals surface area contributed by atoms with Crippen LogP contribution in [-0.2, 0) is 9.84 Å². The first-order valence-corrected chi connectivity index (χ1v) is 12.1. The van der Waals surface area contributed by atoms with Crippen LogP contribution in [0.2, 0.25) is 0 Å².